The van der Waals surface area contributed by atoms with Gasteiger partial charge in [0.1, 0.15) is 5.82 Å². The molecule has 21 heavy (non-hydrogen) atoms. The van der Waals surface area contributed by atoms with Crippen LogP contribution in [-0.2, 0) is 6.54 Å². The van der Waals surface area contributed by atoms with E-state index in [1.54, 1.807) is 6.92 Å². The Balaban J connectivity index is 2.95. The molecule has 0 aliphatic rings. The second-order valence-corrected chi connectivity index (χ2v) is 4.66. The zero-order valence-corrected chi connectivity index (χ0v) is 11.5. The molecule has 118 valence electrons. The molecule has 3 N–H and O–H groups in total. The molecule has 1 aromatic carbocycles. The zero-order valence-electron chi connectivity index (χ0n) is 11.5. The Hall–Kier alpha value is -1.83. The van der Waals surface area contributed by atoms with Gasteiger partial charge in [-0.2, -0.15) is 13.2 Å². The number of oxime groups is 1. The third kappa shape index (κ3) is 5.99. The Labute approximate surface area is 119 Å². The van der Waals surface area contributed by atoms with Crippen LogP contribution < -0.4 is 5.73 Å². The van der Waals surface area contributed by atoms with Gasteiger partial charge in [-0.3, -0.25) is 4.90 Å². The first kappa shape index (κ1) is 17.2. The van der Waals surface area contributed by atoms with Crippen LogP contribution in [0.25, 0.3) is 0 Å². The van der Waals surface area contributed by atoms with Crippen molar-refractivity contribution in [1.29, 1.82) is 0 Å². The molecular weight excluding hydrogens is 290 g/mol. The molecule has 0 saturated heterocycles. The third-order valence-corrected chi connectivity index (χ3v) is 2.71. The lowest BCUT2D eigenvalue weighted by atomic mass is 10.1. The van der Waals surface area contributed by atoms with E-state index >= 15 is 0 Å². The Morgan fingerprint density at radius 3 is 2.52 bits per heavy atom. The van der Waals surface area contributed by atoms with Gasteiger partial charge < -0.3 is 10.9 Å². The van der Waals surface area contributed by atoms with Crippen molar-refractivity contribution in [3.8, 4) is 0 Å². The summed E-state index contributed by atoms with van der Waals surface area (Å²) in [7, 11) is 0. The summed E-state index contributed by atoms with van der Waals surface area (Å²) in [6, 6.07) is 3.58. The summed E-state index contributed by atoms with van der Waals surface area (Å²) < 4.78 is 50.9. The molecule has 0 heterocycles. The van der Waals surface area contributed by atoms with Crippen LogP contribution in [0.5, 0.6) is 0 Å². The van der Waals surface area contributed by atoms with Crippen molar-refractivity contribution in [3.63, 3.8) is 0 Å². The van der Waals surface area contributed by atoms with Gasteiger partial charge in [-0.15, -0.1) is 0 Å². The highest BCUT2D eigenvalue weighted by molar-refractivity contribution is 5.97. The Bertz CT molecular complexity index is 503. The van der Waals surface area contributed by atoms with Crippen LogP contribution in [0, 0.1) is 5.82 Å². The summed E-state index contributed by atoms with van der Waals surface area (Å²) >= 11 is 0. The second-order valence-electron chi connectivity index (χ2n) is 4.66. The highest BCUT2D eigenvalue weighted by Crippen LogP contribution is 2.19. The predicted molar refractivity (Wildman–Crippen MR) is 70.5 cm³/mol. The number of benzene rings is 1. The largest absolute Gasteiger partial charge is 0.409 e. The monoisotopic (exact) mass is 307 g/mol. The number of alkyl halides is 3. The summed E-state index contributed by atoms with van der Waals surface area (Å²) in [5.41, 5.74) is 5.81. The van der Waals surface area contributed by atoms with Crippen LogP contribution in [0.4, 0.5) is 17.6 Å². The molecule has 4 nitrogen and oxygen atoms in total. The van der Waals surface area contributed by atoms with Crippen molar-refractivity contribution in [3.05, 3.63) is 35.1 Å². The number of nitrogens with zero attached hydrogens (tertiary/aromatic N) is 2. The van der Waals surface area contributed by atoms with E-state index in [2.05, 4.69) is 5.16 Å². The van der Waals surface area contributed by atoms with Gasteiger partial charge in [-0.1, -0.05) is 12.1 Å². The van der Waals surface area contributed by atoms with Crippen LogP contribution in [0.15, 0.2) is 23.4 Å². The molecule has 0 unspecified atom stereocenters. The zero-order chi connectivity index (χ0) is 16.0. The molecule has 0 spiro atoms. The molecule has 1 rings (SSSR count). The first-order valence-electron chi connectivity index (χ1n) is 6.31. The van der Waals surface area contributed by atoms with Crippen molar-refractivity contribution in [2.75, 3.05) is 13.1 Å². The number of nitrogens with two attached hydrogens (primary N) is 1. The van der Waals surface area contributed by atoms with Gasteiger partial charge in [0, 0.05) is 12.1 Å². The highest BCUT2D eigenvalue weighted by Gasteiger charge is 2.30. The van der Waals surface area contributed by atoms with E-state index in [0.717, 1.165) is 12.1 Å². The van der Waals surface area contributed by atoms with E-state index in [-0.39, 0.29) is 24.5 Å². The molecule has 0 saturated carbocycles. The summed E-state index contributed by atoms with van der Waals surface area (Å²) in [6.07, 6.45) is -3.78. The molecule has 0 fully saturated rings. The Morgan fingerprint density at radius 2 is 2.00 bits per heavy atom. The maximum Gasteiger partial charge on any atom is 0.401 e. The maximum atomic E-state index is 13.5. The number of amidine groups is 1. The molecular formula is C13H17F4N3O. The molecule has 1 aromatic rings. The average molecular weight is 307 g/mol. The molecule has 0 bridgehead atoms. The Kier molecular flexibility index (Phi) is 5.95. The second kappa shape index (κ2) is 7.26. The quantitative estimate of drug-likeness (QED) is 0.279. The minimum atomic E-state index is -4.32. The topological polar surface area (TPSA) is 61.8 Å². The SMILES string of the molecule is CCCN(Cc1cc(F)cc(/C(N)=N/O)c1)CC(F)(F)F. The lowest BCUT2D eigenvalue weighted by molar-refractivity contribution is -0.147. The number of hydrogen-bond donors (Lipinski definition) is 2. The van der Waals surface area contributed by atoms with Gasteiger partial charge in [0.05, 0.1) is 6.54 Å². The fourth-order valence-electron chi connectivity index (χ4n) is 1.99. The van der Waals surface area contributed by atoms with Crippen LogP contribution in [0.2, 0.25) is 0 Å². The van der Waals surface area contributed by atoms with Crippen molar-refractivity contribution in [2.24, 2.45) is 10.9 Å². The molecule has 0 atom stereocenters. The molecule has 8 heteroatoms. The van der Waals surface area contributed by atoms with E-state index in [9.17, 15) is 17.6 Å². The first-order valence-corrected chi connectivity index (χ1v) is 6.31. The van der Waals surface area contributed by atoms with Crippen molar-refractivity contribution >= 4 is 5.84 Å². The number of halogens is 4. The van der Waals surface area contributed by atoms with Crippen molar-refractivity contribution < 1.29 is 22.8 Å². The third-order valence-electron chi connectivity index (χ3n) is 2.71. The van der Waals surface area contributed by atoms with Crippen LogP contribution in [0.1, 0.15) is 24.5 Å². The van der Waals surface area contributed by atoms with Gasteiger partial charge in [-0.05, 0) is 36.7 Å². The van der Waals surface area contributed by atoms with Gasteiger partial charge >= 0.3 is 6.18 Å². The van der Waals surface area contributed by atoms with Crippen LogP contribution >= 0.6 is 0 Å². The summed E-state index contributed by atoms with van der Waals surface area (Å²) in [4.78, 5) is 1.17. The van der Waals surface area contributed by atoms with Gasteiger partial charge in [0.2, 0.25) is 0 Å². The van der Waals surface area contributed by atoms with E-state index < -0.39 is 18.5 Å². The molecule has 0 amide bonds. The minimum absolute atomic E-state index is 0.0726. The number of hydrogen-bond acceptors (Lipinski definition) is 3. The smallest absolute Gasteiger partial charge is 0.401 e. The van der Waals surface area contributed by atoms with Crippen molar-refractivity contribution in [1.82, 2.24) is 4.90 Å². The lowest BCUT2D eigenvalue weighted by Crippen LogP contribution is -2.34. The average Bonchev–Trinajstić information content (AvgIpc) is 2.35. The van der Waals surface area contributed by atoms with E-state index in [1.165, 1.54) is 11.0 Å². The fourth-order valence-corrected chi connectivity index (χ4v) is 1.99. The molecule has 0 aromatic heterocycles. The van der Waals surface area contributed by atoms with Crippen LogP contribution in [0.3, 0.4) is 0 Å². The summed E-state index contributed by atoms with van der Waals surface area (Å²) in [5.74, 6) is -0.953. The summed E-state index contributed by atoms with van der Waals surface area (Å²) in [5, 5.41) is 11.3. The standard InChI is InChI=1S/C13H17F4N3O/c1-2-3-20(8-13(15,16)17)7-9-4-10(12(18)19-21)6-11(14)5-9/h4-6,21H,2-3,7-8H2,1H3,(H2,18,19). The fraction of sp³-hybridized carbons (Fsp3) is 0.462. The molecule has 0 aliphatic carbocycles. The van der Waals surface area contributed by atoms with Gasteiger partial charge in [0.25, 0.3) is 0 Å². The minimum Gasteiger partial charge on any atom is -0.409 e. The number of rotatable bonds is 6. The normalized spacial score (nSPS) is 13.0. The highest BCUT2D eigenvalue weighted by atomic mass is 19.4. The van der Waals surface area contributed by atoms with E-state index in [4.69, 9.17) is 10.9 Å². The Morgan fingerprint density at radius 1 is 1.33 bits per heavy atom. The molecule has 0 radical (unpaired) electrons. The molecule has 0 aliphatic heterocycles. The van der Waals surface area contributed by atoms with E-state index in [1.807, 2.05) is 0 Å². The van der Waals surface area contributed by atoms with Gasteiger partial charge in [-0.25, -0.2) is 4.39 Å². The predicted octanol–water partition coefficient (Wildman–Crippen LogP) is 2.69. The lowest BCUT2D eigenvalue weighted by Gasteiger charge is -2.23. The van der Waals surface area contributed by atoms with E-state index in [0.29, 0.717) is 12.0 Å². The van der Waals surface area contributed by atoms with Crippen molar-refractivity contribution in [2.45, 2.75) is 26.1 Å². The van der Waals surface area contributed by atoms with Gasteiger partial charge in [0.15, 0.2) is 5.84 Å². The summed E-state index contributed by atoms with van der Waals surface area (Å²) in [6.45, 7) is 0.846. The first-order chi connectivity index (χ1) is 9.75. The maximum absolute atomic E-state index is 13.5. The van der Waals surface area contributed by atoms with Crippen LogP contribution in [-0.4, -0.2) is 35.2 Å².